The Hall–Kier alpha value is -1.92. The third-order valence-electron chi connectivity index (χ3n) is 1.32. The minimum Gasteiger partial charge on any atom is -0.465 e. The smallest absolute Gasteiger partial charge is 0.405 e. The van der Waals surface area contributed by atoms with Gasteiger partial charge < -0.3 is 10.4 Å². The topological polar surface area (TPSA) is 105 Å². The zero-order valence-corrected chi connectivity index (χ0v) is 6.77. The number of carboxylic acid groups (broad SMARTS) is 1. The third kappa shape index (κ3) is 2.26. The van der Waals surface area contributed by atoms with Crippen molar-refractivity contribution in [2.45, 2.75) is 6.92 Å². The van der Waals surface area contributed by atoms with Crippen LogP contribution in [-0.2, 0) is 0 Å². The lowest BCUT2D eigenvalue weighted by molar-refractivity contribution is 0.0977. The van der Waals surface area contributed by atoms with Crippen molar-refractivity contribution >= 4 is 11.9 Å². The second-order valence-corrected chi connectivity index (χ2v) is 2.28. The van der Waals surface area contributed by atoms with Crippen LogP contribution in [0.25, 0.3) is 0 Å². The van der Waals surface area contributed by atoms with Gasteiger partial charge in [0.15, 0.2) is 5.69 Å². The lowest BCUT2D eigenvalue weighted by Crippen LogP contribution is -2.28. The summed E-state index contributed by atoms with van der Waals surface area (Å²) in [6.07, 6.45) is -1.26. The van der Waals surface area contributed by atoms with E-state index in [2.05, 4.69) is 14.9 Å². The monoisotopic (exact) mass is 185 g/mol. The highest BCUT2D eigenvalue weighted by Gasteiger charge is 2.14. The summed E-state index contributed by atoms with van der Waals surface area (Å²) in [6, 6.07) is 0. The number of carbonyl (C=O) groups excluding carboxylic acids is 1. The molecule has 7 heteroatoms. The van der Waals surface area contributed by atoms with Crippen LogP contribution < -0.4 is 5.32 Å². The normalized spacial score (nSPS) is 9.62. The van der Waals surface area contributed by atoms with Crippen LogP contribution in [0.1, 0.15) is 16.2 Å². The highest BCUT2D eigenvalue weighted by molar-refractivity contribution is 5.97. The number of hydrogen-bond acceptors (Lipinski definition) is 5. The molecule has 13 heavy (non-hydrogen) atoms. The molecule has 0 fully saturated rings. The number of hydrogen-bond donors (Lipinski definition) is 2. The van der Waals surface area contributed by atoms with Crippen molar-refractivity contribution in [3.63, 3.8) is 0 Å². The summed E-state index contributed by atoms with van der Waals surface area (Å²) in [4.78, 5) is 21.2. The van der Waals surface area contributed by atoms with Crippen molar-refractivity contribution < 1.29 is 19.3 Å². The van der Waals surface area contributed by atoms with Gasteiger partial charge in [0.25, 0.3) is 0 Å². The van der Waals surface area contributed by atoms with Crippen LogP contribution in [0.5, 0.6) is 0 Å². The zero-order valence-electron chi connectivity index (χ0n) is 6.77. The molecular formula is C6H7N3O4. The number of aromatic nitrogens is 2. The molecule has 0 spiro atoms. The standard InChI is InChI=1S/C6H7N3O4/c1-3-5(9-13-8-3)4(10)2-7-6(11)12/h7H,2H2,1H3,(H,11,12). The second-order valence-electron chi connectivity index (χ2n) is 2.28. The molecule has 0 aromatic carbocycles. The molecule has 0 aliphatic rings. The Bertz CT molecular complexity index is 332. The Labute approximate surface area is 72.7 Å². The van der Waals surface area contributed by atoms with E-state index < -0.39 is 11.9 Å². The van der Waals surface area contributed by atoms with E-state index in [4.69, 9.17) is 5.11 Å². The van der Waals surface area contributed by atoms with E-state index in [1.165, 1.54) is 0 Å². The molecule has 0 saturated carbocycles. The Morgan fingerprint density at radius 3 is 2.69 bits per heavy atom. The van der Waals surface area contributed by atoms with Crippen molar-refractivity contribution in [1.82, 2.24) is 15.6 Å². The lowest BCUT2D eigenvalue weighted by atomic mass is 10.2. The van der Waals surface area contributed by atoms with Crippen molar-refractivity contribution in [3.8, 4) is 0 Å². The van der Waals surface area contributed by atoms with E-state index >= 15 is 0 Å². The molecular weight excluding hydrogens is 178 g/mol. The molecule has 0 atom stereocenters. The molecule has 0 aliphatic heterocycles. The highest BCUT2D eigenvalue weighted by atomic mass is 16.6. The van der Waals surface area contributed by atoms with Gasteiger partial charge in [0.2, 0.25) is 5.78 Å². The van der Waals surface area contributed by atoms with Gasteiger partial charge in [-0.1, -0.05) is 5.16 Å². The number of aryl methyl sites for hydroxylation is 1. The summed E-state index contributed by atoms with van der Waals surface area (Å²) in [5, 5.41) is 16.8. The molecule has 70 valence electrons. The lowest BCUT2D eigenvalue weighted by Gasteiger charge is -1.95. The molecule has 7 nitrogen and oxygen atoms in total. The zero-order chi connectivity index (χ0) is 9.84. The van der Waals surface area contributed by atoms with Crippen molar-refractivity contribution in [2.24, 2.45) is 0 Å². The predicted molar refractivity (Wildman–Crippen MR) is 39.4 cm³/mol. The molecule has 1 aromatic heterocycles. The molecule has 0 saturated heterocycles. The maximum atomic E-state index is 11.1. The third-order valence-corrected chi connectivity index (χ3v) is 1.32. The molecule has 0 aliphatic carbocycles. The van der Waals surface area contributed by atoms with E-state index in [1.807, 2.05) is 5.32 Å². The number of nitrogens with one attached hydrogen (secondary N) is 1. The number of rotatable bonds is 3. The Morgan fingerprint density at radius 1 is 1.54 bits per heavy atom. The molecule has 1 aromatic rings. The minimum atomic E-state index is -1.26. The van der Waals surface area contributed by atoms with E-state index in [0.29, 0.717) is 5.69 Å². The van der Waals surface area contributed by atoms with Crippen LogP contribution >= 0.6 is 0 Å². The van der Waals surface area contributed by atoms with E-state index in [9.17, 15) is 9.59 Å². The van der Waals surface area contributed by atoms with Crippen LogP contribution in [0.3, 0.4) is 0 Å². The number of carbonyl (C=O) groups is 2. The van der Waals surface area contributed by atoms with Crippen molar-refractivity contribution in [3.05, 3.63) is 11.4 Å². The SMILES string of the molecule is Cc1nonc1C(=O)CNC(=O)O. The van der Waals surface area contributed by atoms with Gasteiger partial charge in [-0.15, -0.1) is 0 Å². The molecule has 0 bridgehead atoms. The van der Waals surface area contributed by atoms with Gasteiger partial charge in [0.05, 0.1) is 6.54 Å². The van der Waals surface area contributed by atoms with Crippen LogP contribution in [0.4, 0.5) is 4.79 Å². The largest absolute Gasteiger partial charge is 0.465 e. The maximum absolute atomic E-state index is 11.1. The first-order valence-electron chi connectivity index (χ1n) is 3.40. The van der Waals surface area contributed by atoms with Crippen LogP contribution in [0.15, 0.2) is 4.63 Å². The maximum Gasteiger partial charge on any atom is 0.405 e. The summed E-state index contributed by atoms with van der Waals surface area (Å²) in [5.41, 5.74) is 0.394. The molecule has 2 N–H and O–H groups in total. The van der Waals surface area contributed by atoms with Gasteiger partial charge in [0, 0.05) is 0 Å². The van der Waals surface area contributed by atoms with Crippen LogP contribution in [0.2, 0.25) is 0 Å². The van der Waals surface area contributed by atoms with E-state index in [1.54, 1.807) is 6.92 Å². The molecule has 1 heterocycles. The average molecular weight is 185 g/mol. The summed E-state index contributed by atoms with van der Waals surface area (Å²) >= 11 is 0. The first-order valence-corrected chi connectivity index (χ1v) is 3.40. The van der Waals surface area contributed by atoms with Gasteiger partial charge in [0.1, 0.15) is 5.69 Å². The molecule has 0 radical (unpaired) electrons. The van der Waals surface area contributed by atoms with Crippen LogP contribution in [-0.4, -0.2) is 33.8 Å². The van der Waals surface area contributed by atoms with Gasteiger partial charge in [-0.05, 0) is 12.1 Å². The Kier molecular flexibility index (Phi) is 2.58. The fraction of sp³-hybridized carbons (Fsp3) is 0.333. The van der Waals surface area contributed by atoms with Gasteiger partial charge in [-0.25, -0.2) is 9.42 Å². The molecule has 1 amide bonds. The summed E-state index contributed by atoms with van der Waals surface area (Å²) in [7, 11) is 0. The summed E-state index contributed by atoms with van der Waals surface area (Å²) in [6.45, 7) is 1.22. The van der Waals surface area contributed by atoms with Gasteiger partial charge >= 0.3 is 6.09 Å². The first-order chi connectivity index (χ1) is 6.11. The summed E-state index contributed by atoms with van der Waals surface area (Å²) < 4.78 is 4.28. The number of amides is 1. The number of ketones is 1. The van der Waals surface area contributed by atoms with Crippen molar-refractivity contribution in [1.29, 1.82) is 0 Å². The van der Waals surface area contributed by atoms with Crippen molar-refractivity contribution in [2.75, 3.05) is 6.54 Å². The van der Waals surface area contributed by atoms with E-state index in [-0.39, 0.29) is 12.2 Å². The predicted octanol–water partition coefficient (Wildman–Crippen LogP) is -0.172. The van der Waals surface area contributed by atoms with Gasteiger partial charge in [-0.2, -0.15) is 0 Å². The van der Waals surface area contributed by atoms with Crippen LogP contribution in [0, 0.1) is 6.92 Å². The Balaban J connectivity index is 2.59. The number of nitrogens with zero attached hydrogens (tertiary/aromatic N) is 2. The van der Waals surface area contributed by atoms with Gasteiger partial charge in [-0.3, -0.25) is 4.79 Å². The molecule has 1 rings (SSSR count). The quantitative estimate of drug-likeness (QED) is 0.633. The van der Waals surface area contributed by atoms with E-state index in [0.717, 1.165) is 0 Å². The summed E-state index contributed by atoms with van der Waals surface area (Å²) in [5.74, 6) is -0.471. The fourth-order valence-electron chi connectivity index (χ4n) is 0.724. The Morgan fingerprint density at radius 2 is 2.23 bits per heavy atom. The minimum absolute atomic E-state index is 0.0498. The first kappa shape index (κ1) is 9.17. The average Bonchev–Trinajstić information content (AvgIpc) is 2.47. The number of Topliss-reactive ketones (excluding diaryl/α,β-unsaturated/α-hetero) is 1. The molecule has 0 unspecified atom stereocenters. The fourth-order valence-corrected chi connectivity index (χ4v) is 0.724. The second kappa shape index (κ2) is 3.65. The highest BCUT2D eigenvalue weighted by Crippen LogP contribution is 2.00.